The van der Waals surface area contributed by atoms with Crippen LogP contribution >= 0.6 is 0 Å². The highest BCUT2D eigenvalue weighted by molar-refractivity contribution is 5.96. The molecule has 26 heavy (non-hydrogen) atoms. The number of hydrogen-bond acceptors (Lipinski definition) is 5. The fraction of sp³-hybridized carbons (Fsp3) is 0.200. The van der Waals surface area contributed by atoms with Crippen molar-refractivity contribution < 1.29 is 14.3 Å². The zero-order valence-corrected chi connectivity index (χ0v) is 14.7. The molecule has 0 spiro atoms. The summed E-state index contributed by atoms with van der Waals surface area (Å²) in [6, 6.07) is 12.1. The number of benzene rings is 1. The largest absolute Gasteiger partial charge is 0.423 e. The first-order valence-corrected chi connectivity index (χ1v) is 8.47. The van der Waals surface area contributed by atoms with Gasteiger partial charge in [-0.1, -0.05) is 19.9 Å². The van der Waals surface area contributed by atoms with Crippen molar-refractivity contribution in [2.24, 2.45) is 0 Å². The van der Waals surface area contributed by atoms with E-state index in [0.717, 1.165) is 5.69 Å². The van der Waals surface area contributed by atoms with E-state index in [1.54, 1.807) is 35.1 Å². The summed E-state index contributed by atoms with van der Waals surface area (Å²) in [5.41, 5.74) is 1.72. The summed E-state index contributed by atoms with van der Waals surface area (Å²) in [5, 5.41) is 4.28. The van der Waals surface area contributed by atoms with Crippen LogP contribution in [0.15, 0.2) is 54.9 Å². The Morgan fingerprint density at radius 3 is 2.46 bits per heavy atom. The lowest BCUT2D eigenvalue weighted by atomic mass is 10.1. The summed E-state index contributed by atoms with van der Waals surface area (Å²) in [7, 11) is 0. The van der Waals surface area contributed by atoms with Crippen molar-refractivity contribution in [2.45, 2.75) is 26.7 Å². The summed E-state index contributed by atoms with van der Waals surface area (Å²) in [6.45, 7) is 3.75. The van der Waals surface area contributed by atoms with Crippen LogP contribution in [0.2, 0.25) is 0 Å². The van der Waals surface area contributed by atoms with Crippen LogP contribution < -0.4 is 4.74 Å². The molecule has 0 amide bonds. The number of pyridine rings is 1. The zero-order valence-electron chi connectivity index (χ0n) is 14.7. The molecule has 3 aromatic rings. The third-order valence-corrected chi connectivity index (χ3v) is 4.00. The number of carbonyl (C=O) groups is 2. The van der Waals surface area contributed by atoms with Crippen molar-refractivity contribution in [2.75, 3.05) is 0 Å². The van der Waals surface area contributed by atoms with Gasteiger partial charge < -0.3 is 4.74 Å². The molecule has 6 heteroatoms. The number of aromatic nitrogens is 3. The number of ketones is 1. The maximum absolute atomic E-state index is 12.6. The lowest BCUT2D eigenvalue weighted by Gasteiger charge is -2.07. The fourth-order valence-corrected chi connectivity index (χ4v) is 2.64. The average Bonchev–Trinajstić information content (AvgIpc) is 3.13. The van der Waals surface area contributed by atoms with E-state index in [2.05, 4.69) is 10.1 Å². The molecule has 0 aliphatic heterocycles. The standard InChI is InChI=1S/C20H19N3O3/c1-3-17-16(13-22-23(17)19-7-5-6-12-21-19)20(25)26-15-10-8-14(9-11-15)18(24)4-2/h5-13H,3-4H2,1-2H3. The van der Waals surface area contributed by atoms with Gasteiger partial charge in [0.25, 0.3) is 0 Å². The number of Topliss-reactive ketones (excluding diaryl/α,β-unsaturated/α-hetero) is 1. The predicted molar refractivity (Wildman–Crippen MR) is 96.8 cm³/mol. The van der Waals surface area contributed by atoms with Crippen molar-refractivity contribution in [3.05, 3.63) is 71.7 Å². The Morgan fingerprint density at radius 2 is 1.85 bits per heavy atom. The highest BCUT2D eigenvalue weighted by atomic mass is 16.5. The molecule has 0 atom stereocenters. The van der Waals surface area contributed by atoms with Crippen LogP contribution in [-0.4, -0.2) is 26.5 Å². The normalized spacial score (nSPS) is 10.5. The topological polar surface area (TPSA) is 74.1 Å². The maximum Gasteiger partial charge on any atom is 0.347 e. The van der Waals surface area contributed by atoms with Crippen LogP contribution in [0.5, 0.6) is 5.75 Å². The molecule has 0 saturated heterocycles. The Bertz CT molecular complexity index is 915. The molecule has 6 nitrogen and oxygen atoms in total. The van der Waals surface area contributed by atoms with Gasteiger partial charge in [0.15, 0.2) is 11.6 Å². The maximum atomic E-state index is 12.6. The molecule has 132 valence electrons. The monoisotopic (exact) mass is 349 g/mol. The lowest BCUT2D eigenvalue weighted by molar-refractivity contribution is 0.0733. The first kappa shape index (κ1) is 17.5. The minimum absolute atomic E-state index is 0.0489. The minimum Gasteiger partial charge on any atom is -0.423 e. The Morgan fingerprint density at radius 1 is 1.08 bits per heavy atom. The molecule has 2 aromatic heterocycles. The molecule has 0 saturated carbocycles. The lowest BCUT2D eigenvalue weighted by Crippen LogP contribution is -2.12. The number of esters is 1. The molecule has 0 bridgehead atoms. The van der Waals surface area contributed by atoms with E-state index in [4.69, 9.17) is 4.74 Å². The molecule has 0 fully saturated rings. The molecule has 0 unspecified atom stereocenters. The Balaban J connectivity index is 1.82. The quantitative estimate of drug-likeness (QED) is 0.386. The van der Waals surface area contributed by atoms with Crippen molar-refractivity contribution in [3.63, 3.8) is 0 Å². The van der Waals surface area contributed by atoms with Gasteiger partial charge in [-0.15, -0.1) is 0 Å². The molecule has 3 rings (SSSR count). The number of carbonyl (C=O) groups excluding carboxylic acids is 2. The number of ether oxygens (including phenoxy) is 1. The van der Waals surface area contributed by atoms with Gasteiger partial charge in [0.2, 0.25) is 0 Å². The van der Waals surface area contributed by atoms with Gasteiger partial charge in [0.1, 0.15) is 11.3 Å². The first-order chi connectivity index (χ1) is 12.6. The van der Waals surface area contributed by atoms with Gasteiger partial charge in [0, 0.05) is 18.2 Å². The molecule has 0 aliphatic carbocycles. The van der Waals surface area contributed by atoms with Gasteiger partial charge >= 0.3 is 5.97 Å². The van der Waals surface area contributed by atoms with Gasteiger partial charge in [0.05, 0.1) is 11.9 Å². The second-order valence-electron chi connectivity index (χ2n) is 5.65. The molecule has 1 aromatic carbocycles. The summed E-state index contributed by atoms with van der Waals surface area (Å²) in [6.07, 6.45) is 4.20. The van der Waals surface area contributed by atoms with E-state index < -0.39 is 5.97 Å². The molecular formula is C20H19N3O3. The number of nitrogens with zero attached hydrogens (tertiary/aromatic N) is 3. The second kappa shape index (κ2) is 7.74. The van der Waals surface area contributed by atoms with E-state index in [-0.39, 0.29) is 5.78 Å². The van der Waals surface area contributed by atoms with E-state index in [1.165, 1.54) is 6.20 Å². The molecule has 2 heterocycles. The predicted octanol–water partition coefficient (Wildman–Crippen LogP) is 3.64. The van der Waals surface area contributed by atoms with E-state index in [9.17, 15) is 9.59 Å². The fourth-order valence-electron chi connectivity index (χ4n) is 2.64. The molecule has 0 N–H and O–H groups in total. The van der Waals surface area contributed by atoms with Gasteiger partial charge in [-0.3, -0.25) is 4.79 Å². The first-order valence-electron chi connectivity index (χ1n) is 8.47. The summed E-state index contributed by atoms with van der Waals surface area (Å²) in [5.74, 6) is 0.590. The highest BCUT2D eigenvalue weighted by Crippen LogP contribution is 2.19. The van der Waals surface area contributed by atoms with Crippen LogP contribution in [0.25, 0.3) is 5.82 Å². The van der Waals surface area contributed by atoms with Gasteiger partial charge in [-0.25, -0.2) is 14.5 Å². The van der Waals surface area contributed by atoms with E-state index in [0.29, 0.717) is 35.5 Å². The Labute approximate surface area is 151 Å². The van der Waals surface area contributed by atoms with Crippen molar-refractivity contribution in [1.29, 1.82) is 0 Å². The Hall–Kier alpha value is -3.28. The third kappa shape index (κ3) is 3.54. The van der Waals surface area contributed by atoms with Crippen molar-refractivity contribution >= 4 is 11.8 Å². The summed E-state index contributed by atoms with van der Waals surface area (Å²) in [4.78, 5) is 28.5. The van der Waals surface area contributed by atoms with Crippen LogP contribution in [0.1, 0.15) is 46.7 Å². The molecule has 0 aliphatic rings. The molecular weight excluding hydrogens is 330 g/mol. The van der Waals surface area contributed by atoms with Crippen LogP contribution in [0.4, 0.5) is 0 Å². The third-order valence-electron chi connectivity index (χ3n) is 4.00. The number of hydrogen-bond donors (Lipinski definition) is 0. The number of rotatable bonds is 6. The van der Waals surface area contributed by atoms with Crippen molar-refractivity contribution in [1.82, 2.24) is 14.8 Å². The zero-order chi connectivity index (χ0) is 18.5. The Kier molecular flexibility index (Phi) is 5.22. The van der Waals surface area contributed by atoms with Gasteiger partial charge in [-0.05, 0) is 42.8 Å². The van der Waals surface area contributed by atoms with Crippen molar-refractivity contribution in [3.8, 4) is 11.6 Å². The highest BCUT2D eigenvalue weighted by Gasteiger charge is 2.19. The van der Waals surface area contributed by atoms with Crippen LogP contribution in [0, 0.1) is 0 Å². The van der Waals surface area contributed by atoms with Crippen LogP contribution in [-0.2, 0) is 6.42 Å². The summed E-state index contributed by atoms with van der Waals surface area (Å²) < 4.78 is 7.08. The van der Waals surface area contributed by atoms with Crippen LogP contribution in [0.3, 0.4) is 0 Å². The van der Waals surface area contributed by atoms with Gasteiger partial charge in [-0.2, -0.15) is 5.10 Å². The SMILES string of the molecule is CCC(=O)c1ccc(OC(=O)c2cnn(-c3ccccn3)c2CC)cc1. The summed E-state index contributed by atoms with van der Waals surface area (Å²) >= 11 is 0. The second-order valence-corrected chi connectivity index (χ2v) is 5.65. The van der Waals surface area contributed by atoms with E-state index in [1.807, 2.05) is 32.0 Å². The minimum atomic E-state index is -0.487. The average molecular weight is 349 g/mol. The van der Waals surface area contributed by atoms with E-state index >= 15 is 0 Å². The molecule has 0 radical (unpaired) electrons. The smallest absolute Gasteiger partial charge is 0.347 e.